The molecule has 0 radical (unpaired) electrons. The van der Waals surface area contributed by atoms with Gasteiger partial charge >= 0.3 is 0 Å². The number of rotatable bonds is 7. The highest BCUT2D eigenvalue weighted by molar-refractivity contribution is 5.94. The van der Waals surface area contributed by atoms with Crippen molar-refractivity contribution >= 4 is 11.7 Å². The Labute approximate surface area is 183 Å². The number of pyridine rings is 1. The van der Waals surface area contributed by atoms with Crippen LogP contribution < -0.4 is 15.0 Å². The Morgan fingerprint density at radius 3 is 2.45 bits per heavy atom. The second kappa shape index (κ2) is 10.1. The molecule has 1 fully saturated rings. The van der Waals surface area contributed by atoms with E-state index >= 15 is 0 Å². The summed E-state index contributed by atoms with van der Waals surface area (Å²) in [6.45, 7) is 2.98. The molecule has 7 nitrogen and oxygen atoms in total. The lowest BCUT2D eigenvalue weighted by atomic mass is 10.2. The van der Waals surface area contributed by atoms with Gasteiger partial charge in [0.15, 0.2) is 0 Å². The van der Waals surface area contributed by atoms with Crippen LogP contribution in [-0.2, 0) is 20.2 Å². The summed E-state index contributed by atoms with van der Waals surface area (Å²) in [5, 5.41) is 2.96. The molecule has 0 saturated carbocycles. The first-order valence-corrected chi connectivity index (χ1v) is 10.9. The van der Waals surface area contributed by atoms with Gasteiger partial charge in [0, 0.05) is 50.8 Å². The standard InChI is InChI=1S/C24H29N5O2/c1-28-15-12-25-23(28)18-31-21-9-7-20(8-10-21)24(30)27-17-19-6-11-22(26-16-19)29-13-4-2-3-5-14-29/h6-12,15-16H,2-5,13-14,17-18H2,1H3,(H,27,30). The molecule has 1 amide bonds. The first kappa shape index (κ1) is 20.9. The lowest BCUT2D eigenvalue weighted by Gasteiger charge is -2.21. The van der Waals surface area contributed by atoms with Crippen LogP contribution in [0.4, 0.5) is 5.82 Å². The highest BCUT2D eigenvalue weighted by Gasteiger charge is 2.11. The number of ether oxygens (including phenoxy) is 1. The molecule has 2 aromatic heterocycles. The highest BCUT2D eigenvalue weighted by Crippen LogP contribution is 2.18. The van der Waals surface area contributed by atoms with Crippen molar-refractivity contribution in [3.63, 3.8) is 0 Å². The number of hydrogen-bond donors (Lipinski definition) is 1. The fourth-order valence-corrected chi connectivity index (χ4v) is 3.68. The monoisotopic (exact) mass is 419 g/mol. The number of nitrogens with one attached hydrogen (secondary N) is 1. The number of imidazole rings is 1. The minimum atomic E-state index is -0.118. The fourth-order valence-electron chi connectivity index (χ4n) is 3.68. The number of benzene rings is 1. The van der Waals surface area contributed by atoms with Crippen molar-refractivity contribution in [2.75, 3.05) is 18.0 Å². The van der Waals surface area contributed by atoms with E-state index in [0.29, 0.717) is 24.5 Å². The largest absolute Gasteiger partial charge is 0.486 e. The summed E-state index contributed by atoms with van der Waals surface area (Å²) >= 11 is 0. The number of amides is 1. The van der Waals surface area contributed by atoms with Crippen LogP contribution in [0.25, 0.3) is 0 Å². The molecule has 1 N–H and O–H groups in total. The molecule has 3 heterocycles. The maximum atomic E-state index is 12.5. The van der Waals surface area contributed by atoms with Gasteiger partial charge < -0.3 is 19.5 Å². The van der Waals surface area contributed by atoms with Crippen molar-refractivity contribution in [1.82, 2.24) is 19.9 Å². The molecule has 31 heavy (non-hydrogen) atoms. The molecule has 4 rings (SSSR count). The summed E-state index contributed by atoms with van der Waals surface area (Å²) < 4.78 is 7.65. The maximum Gasteiger partial charge on any atom is 0.251 e. The zero-order chi connectivity index (χ0) is 21.5. The first-order valence-electron chi connectivity index (χ1n) is 10.9. The minimum absolute atomic E-state index is 0.118. The molecule has 0 unspecified atom stereocenters. The Morgan fingerprint density at radius 1 is 1.03 bits per heavy atom. The quantitative estimate of drug-likeness (QED) is 0.632. The van der Waals surface area contributed by atoms with Crippen LogP contribution in [0.3, 0.4) is 0 Å². The molecule has 0 spiro atoms. The zero-order valence-electron chi connectivity index (χ0n) is 18.0. The topological polar surface area (TPSA) is 72.3 Å². The molecule has 0 atom stereocenters. The second-order valence-electron chi connectivity index (χ2n) is 7.88. The van der Waals surface area contributed by atoms with E-state index in [1.165, 1.54) is 25.7 Å². The first-order chi connectivity index (χ1) is 15.2. The summed E-state index contributed by atoms with van der Waals surface area (Å²) in [6, 6.07) is 11.2. The number of carbonyl (C=O) groups is 1. The van der Waals surface area contributed by atoms with Gasteiger partial charge in [0.1, 0.15) is 24.0 Å². The van der Waals surface area contributed by atoms with Crippen molar-refractivity contribution in [2.45, 2.75) is 38.8 Å². The van der Waals surface area contributed by atoms with E-state index in [0.717, 1.165) is 30.3 Å². The molecular weight excluding hydrogens is 390 g/mol. The molecule has 162 valence electrons. The van der Waals surface area contributed by atoms with Crippen molar-refractivity contribution < 1.29 is 9.53 Å². The molecule has 1 saturated heterocycles. The van der Waals surface area contributed by atoms with Crippen molar-refractivity contribution in [1.29, 1.82) is 0 Å². The van der Waals surface area contributed by atoms with Gasteiger partial charge in [-0.1, -0.05) is 18.9 Å². The summed E-state index contributed by atoms with van der Waals surface area (Å²) in [5.41, 5.74) is 1.58. The van der Waals surface area contributed by atoms with Crippen molar-refractivity contribution in [2.24, 2.45) is 7.05 Å². The van der Waals surface area contributed by atoms with E-state index in [9.17, 15) is 4.79 Å². The van der Waals surface area contributed by atoms with E-state index in [4.69, 9.17) is 4.74 Å². The molecule has 1 aliphatic heterocycles. The van der Waals surface area contributed by atoms with E-state index in [1.54, 1.807) is 30.5 Å². The Balaban J connectivity index is 1.26. The van der Waals surface area contributed by atoms with Crippen LogP contribution >= 0.6 is 0 Å². The zero-order valence-corrected chi connectivity index (χ0v) is 18.0. The summed E-state index contributed by atoms with van der Waals surface area (Å²) in [6.07, 6.45) is 10.5. The lowest BCUT2D eigenvalue weighted by Crippen LogP contribution is -2.25. The van der Waals surface area contributed by atoms with Gasteiger partial charge in [-0.2, -0.15) is 0 Å². The van der Waals surface area contributed by atoms with E-state index < -0.39 is 0 Å². The van der Waals surface area contributed by atoms with Crippen LogP contribution in [0.5, 0.6) is 5.75 Å². The van der Waals surface area contributed by atoms with Gasteiger partial charge in [-0.25, -0.2) is 9.97 Å². The average molecular weight is 420 g/mol. The van der Waals surface area contributed by atoms with Crippen molar-refractivity contribution in [3.8, 4) is 5.75 Å². The van der Waals surface area contributed by atoms with Crippen LogP contribution in [0.15, 0.2) is 55.0 Å². The number of aryl methyl sites for hydroxylation is 1. The van der Waals surface area contributed by atoms with Crippen LogP contribution in [-0.4, -0.2) is 33.5 Å². The summed E-state index contributed by atoms with van der Waals surface area (Å²) in [5.74, 6) is 2.45. The molecule has 1 aliphatic rings. The van der Waals surface area contributed by atoms with Gasteiger partial charge in [0.25, 0.3) is 5.91 Å². The van der Waals surface area contributed by atoms with E-state index in [2.05, 4.69) is 26.3 Å². The van der Waals surface area contributed by atoms with Crippen LogP contribution in [0.1, 0.15) is 47.4 Å². The predicted octanol–water partition coefficient (Wildman–Crippen LogP) is 3.70. The Kier molecular flexibility index (Phi) is 6.82. The van der Waals surface area contributed by atoms with E-state index in [-0.39, 0.29) is 5.91 Å². The fraction of sp³-hybridized carbons (Fsp3) is 0.375. The number of anilines is 1. The van der Waals surface area contributed by atoms with Gasteiger partial charge in [0.2, 0.25) is 0 Å². The Bertz CT molecular complexity index is 974. The van der Waals surface area contributed by atoms with Gasteiger partial charge in [0.05, 0.1) is 0 Å². The molecule has 7 heteroatoms. The van der Waals surface area contributed by atoms with Gasteiger partial charge in [-0.05, 0) is 48.7 Å². The van der Waals surface area contributed by atoms with Crippen LogP contribution in [0.2, 0.25) is 0 Å². The smallest absolute Gasteiger partial charge is 0.251 e. The third-order valence-corrected chi connectivity index (χ3v) is 5.60. The molecule has 1 aromatic carbocycles. The SMILES string of the molecule is Cn1ccnc1COc1ccc(C(=O)NCc2ccc(N3CCCCCC3)nc2)cc1. The number of nitrogens with zero attached hydrogens (tertiary/aromatic N) is 4. The average Bonchev–Trinajstić information content (AvgIpc) is 3.04. The molecule has 0 aliphatic carbocycles. The Hall–Kier alpha value is -3.35. The van der Waals surface area contributed by atoms with Crippen molar-refractivity contribution in [3.05, 3.63) is 71.9 Å². The molecular formula is C24H29N5O2. The third kappa shape index (κ3) is 5.63. The highest BCUT2D eigenvalue weighted by atomic mass is 16.5. The number of aromatic nitrogens is 3. The maximum absolute atomic E-state index is 12.5. The van der Waals surface area contributed by atoms with Gasteiger partial charge in [-0.3, -0.25) is 4.79 Å². The van der Waals surface area contributed by atoms with Gasteiger partial charge in [-0.15, -0.1) is 0 Å². The summed E-state index contributed by atoms with van der Waals surface area (Å²) in [4.78, 5) is 23.7. The molecule has 3 aromatic rings. The summed E-state index contributed by atoms with van der Waals surface area (Å²) in [7, 11) is 1.93. The van der Waals surface area contributed by atoms with E-state index in [1.807, 2.05) is 30.1 Å². The molecule has 0 bridgehead atoms. The normalized spacial score (nSPS) is 14.2. The number of hydrogen-bond acceptors (Lipinski definition) is 5. The second-order valence-corrected chi connectivity index (χ2v) is 7.88. The Morgan fingerprint density at radius 2 is 1.81 bits per heavy atom. The lowest BCUT2D eigenvalue weighted by molar-refractivity contribution is 0.0951. The third-order valence-electron chi connectivity index (χ3n) is 5.60. The van der Waals surface area contributed by atoms with Crippen LogP contribution in [0, 0.1) is 0 Å². The number of carbonyl (C=O) groups excluding carboxylic acids is 1. The minimum Gasteiger partial charge on any atom is -0.486 e. The predicted molar refractivity (Wildman–Crippen MR) is 120 cm³/mol.